The summed E-state index contributed by atoms with van der Waals surface area (Å²) < 4.78 is 1.00. The van der Waals surface area contributed by atoms with E-state index in [4.69, 9.17) is 0 Å². The highest BCUT2D eigenvalue weighted by Crippen LogP contribution is 2.26. The van der Waals surface area contributed by atoms with Crippen molar-refractivity contribution in [1.29, 1.82) is 0 Å². The minimum atomic E-state index is 0.0473. The molecule has 0 saturated carbocycles. The molecule has 0 aliphatic carbocycles. The second kappa shape index (κ2) is 8.02. The Morgan fingerprint density at radius 3 is 2.22 bits per heavy atom. The molecule has 2 rings (SSSR count). The van der Waals surface area contributed by atoms with Crippen molar-refractivity contribution >= 4 is 39.3 Å². The molecule has 0 unspecified atom stereocenters. The van der Waals surface area contributed by atoms with E-state index >= 15 is 0 Å². The number of carbonyl (C=O) groups is 1. The number of hydrogen-bond donors (Lipinski definition) is 1. The van der Waals surface area contributed by atoms with Gasteiger partial charge in [-0.25, -0.2) is 0 Å². The number of carbonyl (C=O) groups excluding carboxylic acids is 1. The van der Waals surface area contributed by atoms with Crippen LogP contribution in [0.4, 0.5) is 5.69 Å². The van der Waals surface area contributed by atoms with Crippen molar-refractivity contribution < 1.29 is 4.79 Å². The van der Waals surface area contributed by atoms with E-state index in [-0.39, 0.29) is 11.3 Å². The lowest BCUT2D eigenvalue weighted by Gasteiger charge is -2.19. The van der Waals surface area contributed by atoms with E-state index < -0.39 is 0 Å². The van der Waals surface area contributed by atoms with Gasteiger partial charge in [-0.2, -0.15) is 0 Å². The molecule has 0 atom stereocenters. The van der Waals surface area contributed by atoms with Crippen LogP contribution in [0.2, 0.25) is 0 Å². The molecule has 0 spiro atoms. The lowest BCUT2D eigenvalue weighted by atomic mass is 9.87. The molecule has 0 fully saturated rings. The zero-order valence-corrected chi connectivity index (χ0v) is 16.1. The van der Waals surface area contributed by atoms with Crippen molar-refractivity contribution in [3.63, 3.8) is 0 Å². The summed E-state index contributed by atoms with van der Waals surface area (Å²) in [6, 6.07) is 16.2. The zero-order chi connectivity index (χ0) is 16.9. The molecule has 1 amide bonds. The summed E-state index contributed by atoms with van der Waals surface area (Å²) >= 11 is 5.09. The fraction of sp³-hybridized carbons (Fsp3) is 0.316. The highest BCUT2D eigenvalue weighted by molar-refractivity contribution is 9.10. The molecule has 4 heteroatoms. The monoisotopic (exact) mass is 391 g/mol. The molecule has 2 nitrogen and oxygen atoms in total. The molecule has 0 aliphatic rings. The maximum atomic E-state index is 11.9. The van der Waals surface area contributed by atoms with Crippen LogP contribution < -0.4 is 5.32 Å². The largest absolute Gasteiger partial charge is 0.326 e. The van der Waals surface area contributed by atoms with E-state index in [1.54, 1.807) is 11.8 Å². The first kappa shape index (κ1) is 18.1. The second-order valence-electron chi connectivity index (χ2n) is 6.43. The third-order valence-electron chi connectivity index (χ3n) is 3.45. The van der Waals surface area contributed by atoms with Gasteiger partial charge in [-0.1, -0.05) is 48.8 Å². The van der Waals surface area contributed by atoms with Crippen molar-refractivity contribution in [2.45, 2.75) is 37.5 Å². The molecule has 23 heavy (non-hydrogen) atoms. The highest BCUT2D eigenvalue weighted by Gasteiger charge is 2.12. The number of thioether (sulfide) groups is 1. The van der Waals surface area contributed by atoms with Gasteiger partial charge >= 0.3 is 0 Å². The topological polar surface area (TPSA) is 29.1 Å². The Kier molecular flexibility index (Phi) is 6.31. The summed E-state index contributed by atoms with van der Waals surface area (Å²) in [5, 5.41) is 2.91. The third-order valence-corrected chi connectivity index (χ3v) is 4.99. The van der Waals surface area contributed by atoms with Gasteiger partial charge in [0.2, 0.25) is 5.91 Å². The standard InChI is InChI=1S/C19H22BrNOS/c1-19(2,3)14-4-10-17(11-5-14)23-13-12-18(22)21-16-8-6-15(20)7-9-16/h4-11H,12-13H2,1-3H3,(H,21,22). The Morgan fingerprint density at radius 2 is 1.65 bits per heavy atom. The molecule has 0 aromatic heterocycles. The fourth-order valence-electron chi connectivity index (χ4n) is 2.07. The summed E-state index contributed by atoms with van der Waals surface area (Å²) in [5.74, 6) is 0.822. The molecule has 0 heterocycles. The molecule has 0 aliphatic heterocycles. The predicted octanol–water partition coefficient (Wildman–Crippen LogP) is 5.87. The summed E-state index contributed by atoms with van der Waals surface area (Å²) in [6.45, 7) is 6.63. The number of rotatable bonds is 5. The SMILES string of the molecule is CC(C)(C)c1ccc(SCCC(=O)Nc2ccc(Br)cc2)cc1. The molecule has 1 N–H and O–H groups in total. The van der Waals surface area contributed by atoms with E-state index in [1.807, 2.05) is 24.3 Å². The average Bonchev–Trinajstić information content (AvgIpc) is 2.49. The molecule has 0 bridgehead atoms. The Hall–Kier alpha value is -1.26. The normalized spacial score (nSPS) is 11.3. The molecule has 122 valence electrons. The number of amides is 1. The number of benzene rings is 2. The van der Waals surface area contributed by atoms with Gasteiger partial charge in [-0.05, 0) is 47.4 Å². The minimum absolute atomic E-state index is 0.0473. The van der Waals surface area contributed by atoms with Gasteiger partial charge in [0.25, 0.3) is 0 Å². The van der Waals surface area contributed by atoms with Crippen LogP contribution in [0.1, 0.15) is 32.8 Å². The maximum Gasteiger partial charge on any atom is 0.225 e. The molecule has 2 aromatic carbocycles. The van der Waals surface area contributed by atoms with Crippen LogP contribution in [0, 0.1) is 0 Å². The van der Waals surface area contributed by atoms with Crippen LogP contribution in [0.3, 0.4) is 0 Å². The lowest BCUT2D eigenvalue weighted by Crippen LogP contribution is -2.12. The molecular formula is C19H22BrNOS. The van der Waals surface area contributed by atoms with Gasteiger partial charge in [-0.15, -0.1) is 11.8 Å². The van der Waals surface area contributed by atoms with Crippen LogP contribution in [-0.2, 0) is 10.2 Å². The van der Waals surface area contributed by atoms with Gasteiger partial charge in [-0.3, -0.25) is 4.79 Å². The lowest BCUT2D eigenvalue weighted by molar-refractivity contribution is -0.115. The summed E-state index contributed by atoms with van der Waals surface area (Å²) in [7, 11) is 0. The maximum absolute atomic E-state index is 11.9. The third kappa shape index (κ3) is 6.04. The molecular weight excluding hydrogens is 370 g/mol. The highest BCUT2D eigenvalue weighted by atomic mass is 79.9. The van der Waals surface area contributed by atoms with Crippen molar-refractivity contribution in [2.24, 2.45) is 0 Å². The van der Waals surface area contributed by atoms with Crippen molar-refractivity contribution in [1.82, 2.24) is 0 Å². The van der Waals surface area contributed by atoms with Crippen molar-refractivity contribution in [3.8, 4) is 0 Å². The number of anilines is 1. The quantitative estimate of drug-likeness (QED) is 0.645. The first-order valence-corrected chi connectivity index (χ1v) is 9.41. The van der Waals surface area contributed by atoms with Gasteiger partial charge in [0.05, 0.1) is 0 Å². The van der Waals surface area contributed by atoms with E-state index in [0.29, 0.717) is 6.42 Å². The van der Waals surface area contributed by atoms with Gasteiger partial charge in [0.15, 0.2) is 0 Å². The molecule has 0 saturated heterocycles. The fourth-order valence-corrected chi connectivity index (χ4v) is 3.19. The summed E-state index contributed by atoms with van der Waals surface area (Å²) in [5.41, 5.74) is 2.33. The Bertz CT molecular complexity index is 645. The van der Waals surface area contributed by atoms with Crippen molar-refractivity contribution in [2.75, 3.05) is 11.1 Å². The van der Waals surface area contributed by atoms with E-state index in [1.165, 1.54) is 10.5 Å². The van der Waals surface area contributed by atoms with Crippen LogP contribution in [0.15, 0.2) is 57.9 Å². The van der Waals surface area contributed by atoms with Crippen LogP contribution in [0.5, 0.6) is 0 Å². The second-order valence-corrected chi connectivity index (χ2v) is 8.51. The van der Waals surface area contributed by atoms with Crippen LogP contribution >= 0.6 is 27.7 Å². The summed E-state index contributed by atoms with van der Waals surface area (Å²) in [4.78, 5) is 13.1. The Labute approximate surface area is 151 Å². The average molecular weight is 392 g/mol. The Balaban J connectivity index is 1.78. The predicted molar refractivity (Wildman–Crippen MR) is 103 cm³/mol. The van der Waals surface area contributed by atoms with Crippen molar-refractivity contribution in [3.05, 3.63) is 58.6 Å². The number of hydrogen-bond acceptors (Lipinski definition) is 2. The minimum Gasteiger partial charge on any atom is -0.326 e. The molecule has 0 radical (unpaired) electrons. The Morgan fingerprint density at radius 1 is 1.04 bits per heavy atom. The van der Waals surface area contributed by atoms with Gasteiger partial charge in [0.1, 0.15) is 0 Å². The van der Waals surface area contributed by atoms with E-state index in [2.05, 4.69) is 66.3 Å². The smallest absolute Gasteiger partial charge is 0.225 e. The van der Waals surface area contributed by atoms with Crippen LogP contribution in [-0.4, -0.2) is 11.7 Å². The first-order chi connectivity index (χ1) is 10.8. The molecule has 2 aromatic rings. The van der Waals surface area contributed by atoms with Crippen LogP contribution in [0.25, 0.3) is 0 Å². The summed E-state index contributed by atoms with van der Waals surface area (Å²) in [6.07, 6.45) is 0.502. The number of halogens is 1. The van der Waals surface area contributed by atoms with E-state index in [9.17, 15) is 4.79 Å². The van der Waals surface area contributed by atoms with Gasteiger partial charge < -0.3 is 5.32 Å². The van der Waals surface area contributed by atoms with E-state index in [0.717, 1.165) is 15.9 Å². The zero-order valence-electron chi connectivity index (χ0n) is 13.7. The van der Waals surface area contributed by atoms with Gasteiger partial charge in [0, 0.05) is 27.2 Å². The number of nitrogens with one attached hydrogen (secondary N) is 1. The first-order valence-electron chi connectivity index (χ1n) is 7.63.